The average molecular weight is 497 g/mol. The van der Waals surface area contributed by atoms with Crippen molar-refractivity contribution in [3.8, 4) is 11.6 Å². The van der Waals surface area contributed by atoms with Crippen LogP contribution < -0.4 is 5.32 Å². The summed E-state index contributed by atoms with van der Waals surface area (Å²) in [6, 6.07) is 13.9. The Morgan fingerprint density at radius 1 is 1.15 bits per heavy atom. The van der Waals surface area contributed by atoms with Crippen LogP contribution in [-0.2, 0) is 4.79 Å². The fourth-order valence-electron chi connectivity index (χ4n) is 4.38. The van der Waals surface area contributed by atoms with Crippen LogP contribution in [0.15, 0.2) is 69.7 Å². The summed E-state index contributed by atoms with van der Waals surface area (Å²) in [7, 11) is 0. The number of nitrogens with zero attached hydrogens (tertiary/aromatic N) is 3. The number of carbonyl (C=O) groups excluding carboxylic acids is 1. The van der Waals surface area contributed by atoms with E-state index >= 15 is 0 Å². The predicted molar refractivity (Wildman–Crippen MR) is 131 cm³/mol. The molecule has 0 radical (unpaired) electrons. The highest BCUT2D eigenvalue weighted by atomic mass is 32.2. The fourth-order valence-corrected chi connectivity index (χ4v) is 6.00. The number of thioether (sulfide) groups is 1. The molecule has 176 valence electrons. The van der Waals surface area contributed by atoms with Crippen LogP contribution in [0, 0.1) is 5.82 Å². The maximum absolute atomic E-state index is 13.4. The molecule has 5 rings (SSSR count). The highest BCUT2D eigenvalue weighted by molar-refractivity contribution is 7.99. The lowest BCUT2D eigenvalue weighted by molar-refractivity contribution is -0.119. The molecule has 6 nitrogen and oxygen atoms in total. The van der Waals surface area contributed by atoms with E-state index in [1.807, 2.05) is 29.6 Å². The summed E-state index contributed by atoms with van der Waals surface area (Å²) in [6.07, 6.45) is 7.35. The number of furan rings is 1. The molecule has 4 aromatic rings. The number of carbonyl (C=O) groups is 1. The third-order valence-electron chi connectivity index (χ3n) is 6.01. The van der Waals surface area contributed by atoms with E-state index in [0.717, 1.165) is 28.4 Å². The Bertz CT molecular complexity index is 1200. The summed E-state index contributed by atoms with van der Waals surface area (Å²) >= 11 is 2.94. The van der Waals surface area contributed by atoms with Crippen molar-refractivity contribution in [3.63, 3.8) is 0 Å². The van der Waals surface area contributed by atoms with E-state index in [2.05, 4.69) is 20.1 Å². The monoisotopic (exact) mass is 496 g/mol. The molecule has 1 amide bonds. The Labute approximate surface area is 205 Å². The molecule has 34 heavy (non-hydrogen) atoms. The SMILES string of the molecule is O=C(CSc1nnc(-c2ccco2)n1C1CCCCC1)NC(c1ccc(F)cc1)c1cccs1. The van der Waals surface area contributed by atoms with Crippen molar-refractivity contribution in [2.45, 2.75) is 49.3 Å². The van der Waals surface area contributed by atoms with Crippen LogP contribution in [0.1, 0.15) is 54.6 Å². The van der Waals surface area contributed by atoms with Gasteiger partial charge >= 0.3 is 0 Å². The zero-order valence-corrected chi connectivity index (χ0v) is 20.2. The Morgan fingerprint density at radius 3 is 2.68 bits per heavy atom. The van der Waals surface area contributed by atoms with E-state index in [9.17, 15) is 9.18 Å². The van der Waals surface area contributed by atoms with Crippen LogP contribution >= 0.6 is 23.1 Å². The van der Waals surface area contributed by atoms with Crippen LogP contribution in [0.4, 0.5) is 4.39 Å². The molecule has 1 aliphatic rings. The molecular formula is C25H25FN4O2S2. The van der Waals surface area contributed by atoms with E-state index in [4.69, 9.17) is 4.42 Å². The largest absolute Gasteiger partial charge is 0.461 e. The first-order valence-corrected chi connectivity index (χ1v) is 13.3. The lowest BCUT2D eigenvalue weighted by Crippen LogP contribution is -2.30. The molecule has 0 aliphatic heterocycles. The number of hydrogen-bond donors (Lipinski definition) is 1. The number of aromatic nitrogens is 3. The standard InChI is InChI=1S/C25H25FN4O2S2/c26-18-12-10-17(11-13-18)23(21-9-5-15-33-21)27-22(31)16-34-25-29-28-24(20-8-4-14-32-20)30(25)19-6-2-1-3-7-19/h4-5,8-15,19,23H,1-3,6-7,16H2,(H,27,31). The van der Waals surface area contributed by atoms with Gasteiger partial charge in [-0.2, -0.15) is 0 Å². The Balaban J connectivity index is 1.33. The molecule has 1 unspecified atom stereocenters. The first-order chi connectivity index (χ1) is 16.7. The van der Waals surface area contributed by atoms with Gasteiger partial charge in [0.25, 0.3) is 0 Å². The normalized spacial score (nSPS) is 15.3. The highest BCUT2D eigenvalue weighted by Gasteiger charge is 2.26. The molecule has 1 N–H and O–H groups in total. The van der Waals surface area contributed by atoms with Gasteiger partial charge in [0.15, 0.2) is 10.9 Å². The Morgan fingerprint density at radius 2 is 1.97 bits per heavy atom. The van der Waals surface area contributed by atoms with Gasteiger partial charge in [-0.15, -0.1) is 21.5 Å². The molecule has 1 aliphatic carbocycles. The summed E-state index contributed by atoms with van der Waals surface area (Å²) in [4.78, 5) is 14.0. The molecule has 1 saturated carbocycles. The van der Waals surface area contributed by atoms with Gasteiger partial charge in [0.1, 0.15) is 5.82 Å². The summed E-state index contributed by atoms with van der Waals surface area (Å²) in [6.45, 7) is 0. The summed E-state index contributed by atoms with van der Waals surface area (Å²) in [5.41, 5.74) is 0.840. The minimum absolute atomic E-state index is 0.120. The van der Waals surface area contributed by atoms with Crippen molar-refractivity contribution in [1.82, 2.24) is 20.1 Å². The Hall–Kier alpha value is -2.91. The number of nitrogens with one attached hydrogen (secondary N) is 1. The smallest absolute Gasteiger partial charge is 0.231 e. The maximum atomic E-state index is 13.4. The van der Waals surface area contributed by atoms with Crippen LogP contribution in [-0.4, -0.2) is 26.4 Å². The van der Waals surface area contributed by atoms with Crippen molar-refractivity contribution < 1.29 is 13.6 Å². The van der Waals surface area contributed by atoms with Gasteiger partial charge in [0, 0.05) is 10.9 Å². The molecule has 0 bridgehead atoms. The van der Waals surface area contributed by atoms with Crippen LogP contribution in [0.5, 0.6) is 0 Å². The number of hydrogen-bond acceptors (Lipinski definition) is 6. The van der Waals surface area contributed by atoms with Gasteiger partial charge in [-0.1, -0.05) is 49.2 Å². The van der Waals surface area contributed by atoms with E-state index in [0.29, 0.717) is 17.6 Å². The lowest BCUT2D eigenvalue weighted by Gasteiger charge is -2.25. The van der Waals surface area contributed by atoms with Crippen LogP contribution in [0.25, 0.3) is 11.6 Å². The zero-order valence-electron chi connectivity index (χ0n) is 18.5. The van der Waals surface area contributed by atoms with Crippen molar-refractivity contribution in [2.24, 2.45) is 0 Å². The molecule has 1 fully saturated rings. The van der Waals surface area contributed by atoms with E-state index in [1.54, 1.807) is 29.7 Å². The van der Waals surface area contributed by atoms with Crippen molar-refractivity contribution in [2.75, 3.05) is 5.75 Å². The molecule has 9 heteroatoms. The highest BCUT2D eigenvalue weighted by Crippen LogP contribution is 2.36. The molecule has 3 aromatic heterocycles. The number of halogens is 1. The van der Waals surface area contributed by atoms with Gasteiger partial charge in [0.2, 0.25) is 11.7 Å². The van der Waals surface area contributed by atoms with E-state index in [1.165, 1.54) is 43.2 Å². The first kappa shape index (κ1) is 22.9. The number of benzene rings is 1. The van der Waals surface area contributed by atoms with Crippen molar-refractivity contribution >= 4 is 29.0 Å². The number of thiophene rings is 1. The quantitative estimate of drug-likeness (QED) is 0.292. The fraction of sp³-hybridized carbons (Fsp3) is 0.320. The summed E-state index contributed by atoms with van der Waals surface area (Å²) in [5, 5.41) is 14.6. The summed E-state index contributed by atoms with van der Waals surface area (Å²) in [5.74, 6) is 1.17. The minimum atomic E-state index is -0.330. The predicted octanol–water partition coefficient (Wildman–Crippen LogP) is 6.24. The van der Waals surface area contributed by atoms with Crippen molar-refractivity contribution in [1.29, 1.82) is 0 Å². The topological polar surface area (TPSA) is 73.0 Å². The first-order valence-electron chi connectivity index (χ1n) is 11.4. The van der Waals surface area contributed by atoms with E-state index < -0.39 is 0 Å². The molecule has 1 atom stereocenters. The molecule has 0 saturated heterocycles. The third-order valence-corrected chi connectivity index (χ3v) is 7.89. The van der Waals surface area contributed by atoms with Crippen molar-refractivity contribution in [3.05, 3.63) is 76.4 Å². The zero-order chi connectivity index (χ0) is 23.3. The van der Waals surface area contributed by atoms with Gasteiger partial charge < -0.3 is 9.73 Å². The van der Waals surface area contributed by atoms with E-state index in [-0.39, 0.29) is 23.5 Å². The van der Waals surface area contributed by atoms with Gasteiger partial charge in [-0.05, 0) is 54.1 Å². The second-order valence-corrected chi connectivity index (χ2v) is 10.2. The molecular weight excluding hydrogens is 471 g/mol. The summed E-state index contributed by atoms with van der Waals surface area (Å²) < 4.78 is 21.2. The second-order valence-electron chi connectivity index (χ2n) is 8.30. The Kier molecular flexibility index (Phi) is 7.10. The number of amides is 1. The minimum Gasteiger partial charge on any atom is -0.461 e. The van der Waals surface area contributed by atoms with Gasteiger partial charge in [-0.25, -0.2) is 4.39 Å². The maximum Gasteiger partial charge on any atom is 0.231 e. The number of rotatable bonds is 8. The molecule has 0 spiro atoms. The van der Waals surface area contributed by atoms with Crippen LogP contribution in [0.2, 0.25) is 0 Å². The molecule has 3 heterocycles. The molecule has 1 aromatic carbocycles. The lowest BCUT2D eigenvalue weighted by atomic mass is 9.95. The average Bonchev–Trinajstić information content (AvgIpc) is 3.64. The van der Waals surface area contributed by atoms with Crippen LogP contribution in [0.3, 0.4) is 0 Å². The van der Waals surface area contributed by atoms with Gasteiger partial charge in [-0.3, -0.25) is 9.36 Å². The van der Waals surface area contributed by atoms with Gasteiger partial charge in [0.05, 0.1) is 18.1 Å². The second kappa shape index (κ2) is 10.6. The third kappa shape index (κ3) is 5.10.